The van der Waals surface area contributed by atoms with Crippen LogP contribution in [0, 0.1) is 6.92 Å². The quantitative estimate of drug-likeness (QED) is 0.766. The minimum Gasteiger partial charge on any atom is -0.465 e. The molecule has 0 saturated heterocycles. The van der Waals surface area contributed by atoms with Gasteiger partial charge in [0.1, 0.15) is 9.77 Å². The smallest absolute Gasteiger partial charge is 0.349 e. The molecule has 7 heteroatoms. The summed E-state index contributed by atoms with van der Waals surface area (Å²) in [5, 5.41) is 1.63. The van der Waals surface area contributed by atoms with Crippen molar-refractivity contribution in [1.29, 1.82) is 0 Å². The van der Waals surface area contributed by atoms with Crippen LogP contribution in [0.3, 0.4) is 0 Å². The highest BCUT2D eigenvalue weighted by molar-refractivity contribution is 7.89. The molecule has 0 unspecified atom stereocenters. The predicted octanol–water partition coefficient (Wildman–Crippen LogP) is 1.09. The van der Waals surface area contributed by atoms with Gasteiger partial charge in [-0.3, -0.25) is 0 Å². The highest BCUT2D eigenvalue weighted by Gasteiger charge is 2.28. The van der Waals surface area contributed by atoms with Gasteiger partial charge in [-0.1, -0.05) is 0 Å². The summed E-state index contributed by atoms with van der Waals surface area (Å²) in [5.41, 5.74) is 0.555. The molecule has 0 spiro atoms. The first-order chi connectivity index (χ1) is 7.32. The van der Waals surface area contributed by atoms with E-state index >= 15 is 0 Å². The number of esters is 1. The molecule has 1 aromatic heterocycles. The average molecular weight is 263 g/mol. The molecule has 0 aliphatic heterocycles. The van der Waals surface area contributed by atoms with E-state index < -0.39 is 16.0 Å². The SMILES string of the molecule is COC(=O)c1scc(C)c1S(=O)(=O)N(C)C. The summed E-state index contributed by atoms with van der Waals surface area (Å²) in [7, 11) is 0.467. The van der Waals surface area contributed by atoms with Crippen LogP contribution < -0.4 is 0 Å². The second-order valence-electron chi connectivity index (χ2n) is 3.36. The van der Waals surface area contributed by atoms with Gasteiger partial charge in [-0.15, -0.1) is 11.3 Å². The van der Waals surface area contributed by atoms with Crippen LogP contribution in [0.2, 0.25) is 0 Å². The zero-order valence-electron chi connectivity index (χ0n) is 9.47. The fourth-order valence-corrected chi connectivity index (χ4v) is 3.71. The molecule has 0 bridgehead atoms. The number of aryl methyl sites for hydroxylation is 1. The Bertz CT molecular complexity index is 502. The molecular formula is C9H13NO4S2. The molecule has 1 aromatic rings. The Morgan fingerprint density at radius 1 is 1.44 bits per heavy atom. The summed E-state index contributed by atoms with van der Waals surface area (Å²) < 4.78 is 29.6. The summed E-state index contributed by atoms with van der Waals surface area (Å²) in [6, 6.07) is 0. The van der Waals surface area contributed by atoms with Crippen molar-refractivity contribution in [1.82, 2.24) is 4.31 Å². The maximum atomic E-state index is 12.0. The van der Waals surface area contributed by atoms with Crippen LogP contribution in [-0.4, -0.2) is 39.9 Å². The van der Waals surface area contributed by atoms with Crippen LogP contribution in [0.4, 0.5) is 0 Å². The number of ether oxygens (including phenoxy) is 1. The number of carbonyl (C=O) groups excluding carboxylic acids is 1. The van der Waals surface area contributed by atoms with E-state index in [0.717, 1.165) is 15.6 Å². The van der Waals surface area contributed by atoms with Crippen LogP contribution in [-0.2, 0) is 14.8 Å². The van der Waals surface area contributed by atoms with E-state index in [-0.39, 0.29) is 9.77 Å². The maximum Gasteiger partial charge on any atom is 0.349 e. The molecule has 0 aliphatic rings. The lowest BCUT2D eigenvalue weighted by molar-refractivity contribution is 0.0602. The van der Waals surface area contributed by atoms with Crippen molar-refractivity contribution in [3.8, 4) is 0 Å². The van der Waals surface area contributed by atoms with E-state index in [2.05, 4.69) is 4.74 Å². The highest BCUT2D eigenvalue weighted by atomic mass is 32.2. The van der Waals surface area contributed by atoms with E-state index in [4.69, 9.17) is 0 Å². The summed E-state index contributed by atoms with van der Waals surface area (Å²) in [5.74, 6) is -0.626. The van der Waals surface area contributed by atoms with Crippen molar-refractivity contribution in [2.75, 3.05) is 21.2 Å². The number of thiophene rings is 1. The lowest BCUT2D eigenvalue weighted by atomic mass is 10.3. The molecule has 0 aromatic carbocycles. The summed E-state index contributed by atoms with van der Waals surface area (Å²) in [6.45, 7) is 1.65. The van der Waals surface area contributed by atoms with Crippen molar-refractivity contribution in [2.24, 2.45) is 0 Å². The summed E-state index contributed by atoms with van der Waals surface area (Å²) in [6.07, 6.45) is 0. The van der Waals surface area contributed by atoms with E-state index in [0.29, 0.717) is 5.56 Å². The normalized spacial score (nSPS) is 11.8. The zero-order valence-corrected chi connectivity index (χ0v) is 11.1. The summed E-state index contributed by atoms with van der Waals surface area (Å²) >= 11 is 1.07. The Hall–Kier alpha value is -0.920. The number of hydrogen-bond donors (Lipinski definition) is 0. The minimum atomic E-state index is -3.61. The predicted molar refractivity (Wildman–Crippen MR) is 61.3 cm³/mol. The molecule has 0 saturated carbocycles. The topological polar surface area (TPSA) is 63.7 Å². The Morgan fingerprint density at radius 2 is 2.00 bits per heavy atom. The van der Waals surface area contributed by atoms with Crippen molar-refractivity contribution in [2.45, 2.75) is 11.8 Å². The Morgan fingerprint density at radius 3 is 2.44 bits per heavy atom. The van der Waals surface area contributed by atoms with Crippen molar-refractivity contribution in [3.63, 3.8) is 0 Å². The molecule has 1 rings (SSSR count). The molecule has 0 N–H and O–H groups in total. The highest BCUT2D eigenvalue weighted by Crippen LogP contribution is 2.29. The lowest BCUT2D eigenvalue weighted by Gasteiger charge is -2.12. The third kappa shape index (κ3) is 2.11. The Labute approximate surface area is 98.7 Å². The fraction of sp³-hybridized carbons (Fsp3) is 0.444. The molecule has 0 amide bonds. The lowest BCUT2D eigenvalue weighted by Crippen LogP contribution is -2.24. The van der Waals surface area contributed by atoms with Gasteiger partial charge >= 0.3 is 5.97 Å². The van der Waals surface area contributed by atoms with Crippen molar-refractivity contribution in [3.05, 3.63) is 15.8 Å². The van der Waals surface area contributed by atoms with Gasteiger partial charge in [0.15, 0.2) is 0 Å². The fourth-order valence-electron chi connectivity index (χ4n) is 1.17. The number of carbonyl (C=O) groups is 1. The Kier molecular flexibility index (Phi) is 3.72. The molecule has 0 aliphatic carbocycles. The third-order valence-corrected chi connectivity index (χ3v) is 5.24. The number of methoxy groups -OCH3 is 1. The molecule has 1 heterocycles. The van der Waals surface area contributed by atoms with Crippen LogP contribution in [0.5, 0.6) is 0 Å². The second kappa shape index (κ2) is 4.52. The van der Waals surface area contributed by atoms with Gasteiger partial charge in [0.25, 0.3) is 0 Å². The van der Waals surface area contributed by atoms with Gasteiger partial charge in [-0.05, 0) is 17.9 Å². The first-order valence-corrected chi connectivity index (χ1v) is 6.73. The van der Waals surface area contributed by atoms with Crippen LogP contribution in [0.25, 0.3) is 0 Å². The molecular weight excluding hydrogens is 250 g/mol. The van der Waals surface area contributed by atoms with Crippen LogP contribution in [0.15, 0.2) is 10.3 Å². The molecule has 16 heavy (non-hydrogen) atoms. The molecule has 0 fully saturated rings. The van der Waals surface area contributed by atoms with Gasteiger partial charge in [0.2, 0.25) is 10.0 Å². The third-order valence-electron chi connectivity index (χ3n) is 2.03. The molecule has 0 atom stereocenters. The van der Waals surface area contributed by atoms with E-state index in [9.17, 15) is 13.2 Å². The standard InChI is InChI=1S/C9H13NO4S2/c1-6-5-15-7(9(11)14-4)8(6)16(12,13)10(2)3/h5H,1-4H3. The molecule has 90 valence electrons. The van der Waals surface area contributed by atoms with Gasteiger partial charge in [0.05, 0.1) is 7.11 Å². The first-order valence-electron chi connectivity index (χ1n) is 4.41. The largest absolute Gasteiger partial charge is 0.465 e. The average Bonchev–Trinajstić information content (AvgIpc) is 2.59. The second-order valence-corrected chi connectivity index (χ2v) is 6.32. The minimum absolute atomic E-state index is 0.0364. The molecule has 5 nitrogen and oxygen atoms in total. The monoisotopic (exact) mass is 263 g/mol. The van der Waals surface area contributed by atoms with Crippen LogP contribution in [0.1, 0.15) is 15.2 Å². The number of nitrogens with zero attached hydrogens (tertiary/aromatic N) is 1. The number of hydrogen-bond acceptors (Lipinski definition) is 5. The van der Waals surface area contributed by atoms with E-state index in [1.54, 1.807) is 12.3 Å². The van der Waals surface area contributed by atoms with E-state index in [1.165, 1.54) is 21.2 Å². The van der Waals surface area contributed by atoms with Crippen molar-refractivity contribution < 1.29 is 17.9 Å². The molecule has 0 radical (unpaired) electrons. The van der Waals surface area contributed by atoms with Crippen molar-refractivity contribution >= 4 is 27.3 Å². The number of rotatable bonds is 3. The van der Waals surface area contributed by atoms with E-state index in [1.807, 2.05) is 0 Å². The Balaban J connectivity index is 3.45. The van der Waals surface area contributed by atoms with Gasteiger partial charge in [0, 0.05) is 14.1 Å². The zero-order chi connectivity index (χ0) is 12.5. The first kappa shape index (κ1) is 13.1. The maximum absolute atomic E-state index is 12.0. The number of sulfonamides is 1. The van der Waals surface area contributed by atoms with Gasteiger partial charge in [-0.25, -0.2) is 17.5 Å². The van der Waals surface area contributed by atoms with Gasteiger partial charge in [-0.2, -0.15) is 0 Å². The van der Waals surface area contributed by atoms with Crippen LogP contribution >= 0.6 is 11.3 Å². The summed E-state index contributed by atoms with van der Waals surface area (Å²) in [4.78, 5) is 11.6. The van der Waals surface area contributed by atoms with Gasteiger partial charge < -0.3 is 4.74 Å².